The summed E-state index contributed by atoms with van der Waals surface area (Å²) in [6.07, 6.45) is 3.71. The number of ether oxygens (including phenoxy) is 1. The Bertz CT molecular complexity index is 967. The Morgan fingerprint density at radius 2 is 2.21 bits per heavy atom. The molecule has 0 aliphatic heterocycles. The molecule has 0 saturated carbocycles. The van der Waals surface area contributed by atoms with E-state index in [0.29, 0.717) is 43.1 Å². The highest BCUT2D eigenvalue weighted by molar-refractivity contribution is 7.18. The van der Waals surface area contributed by atoms with Crippen LogP contribution < -0.4 is 10.6 Å². The Balaban J connectivity index is 1.57. The predicted molar refractivity (Wildman–Crippen MR) is 109 cm³/mol. The molecule has 3 heterocycles. The van der Waals surface area contributed by atoms with Crippen molar-refractivity contribution in [2.24, 2.45) is 5.92 Å². The van der Waals surface area contributed by atoms with E-state index >= 15 is 0 Å². The quantitative estimate of drug-likeness (QED) is 0.383. The lowest BCUT2D eigenvalue weighted by Crippen LogP contribution is -2.29. The van der Waals surface area contributed by atoms with Crippen molar-refractivity contribution < 1.29 is 13.9 Å². The lowest BCUT2D eigenvalue weighted by molar-refractivity contribution is -0.147. The number of pyridine rings is 1. The maximum Gasteiger partial charge on any atom is 0.309 e. The Morgan fingerprint density at radius 1 is 1.34 bits per heavy atom. The highest BCUT2D eigenvalue weighted by atomic mass is 32.1. The van der Waals surface area contributed by atoms with E-state index in [-0.39, 0.29) is 24.2 Å². The van der Waals surface area contributed by atoms with Crippen molar-refractivity contribution in [1.82, 2.24) is 25.3 Å². The molecule has 0 aliphatic carbocycles. The van der Waals surface area contributed by atoms with Gasteiger partial charge < -0.3 is 15.4 Å². The van der Waals surface area contributed by atoms with Gasteiger partial charge in [-0.3, -0.25) is 9.78 Å². The fourth-order valence-electron chi connectivity index (χ4n) is 2.63. The first-order chi connectivity index (χ1) is 14.1. The number of halogens is 1. The van der Waals surface area contributed by atoms with Gasteiger partial charge in [0.05, 0.1) is 29.8 Å². The Labute approximate surface area is 172 Å². The number of thiazole rings is 1. The van der Waals surface area contributed by atoms with Gasteiger partial charge in [0.25, 0.3) is 0 Å². The molecule has 1 atom stereocenters. The Hall–Kier alpha value is -2.72. The molecule has 10 heteroatoms. The minimum atomic E-state index is -0.368. The smallest absolute Gasteiger partial charge is 0.309 e. The molecule has 3 aromatic rings. The van der Waals surface area contributed by atoms with E-state index in [1.807, 2.05) is 6.92 Å². The first kappa shape index (κ1) is 21.0. The molecule has 29 heavy (non-hydrogen) atoms. The summed E-state index contributed by atoms with van der Waals surface area (Å²) in [6, 6.07) is 2.92. The molecule has 2 N–H and O–H groups in total. The van der Waals surface area contributed by atoms with Crippen LogP contribution in [0.4, 0.5) is 10.2 Å². The number of hydrogen-bond acceptors (Lipinski definition) is 9. The highest BCUT2D eigenvalue weighted by Gasteiger charge is 2.14. The fraction of sp³-hybridized carbons (Fsp3) is 0.421. The maximum atomic E-state index is 13.7. The minimum absolute atomic E-state index is 0.195. The van der Waals surface area contributed by atoms with Crippen molar-refractivity contribution >= 4 is 33.5 Å². The van der Waals surface area contributed by atoms with E-state index in [2.05, 4.69) is 30.6 Å². The molecule has 0 bridgehead atoms. The third-order valence-electron chi connectivity index (χ3n) is 4.15. The second-order valence-corrected chi connectivity index (χ2v) is 7.44. The number of aromatic nitrogens is 4. The zero-order valence-corrected chi connectivity index (χ0v) is 17.1. The number of nitrogens with zero attached hydrogens (tertiary/aromatic N) is 4. The summed E-state index contributed by atoms with van der Waals surface area (Å²) in [5.74, 6) is -0.215. The van der Waals surface area contributed by atoms with Gasteiger partial charge in [-0.05, 0) is 19.1 Å². The van der Waals surface area contributed by atoms with Crippen LogP contribution in [0.5, 0.6) is 0 Å². The molecule has 3 aromatic heterocycles. The summed E-state index contributed by atoms with van der Waals surface area (Å²) in [4.78, 5) is 29.5. The number of carbonyl (C=O) groups is 1. The van der Waals surface area contributed by atoms with Gasteiger partial charge in [-0.1, -0.05) is 18.3 Å². The number of carbonyl (C=O) groups excluding carboxylic acids is 1. The number of fused-ring (bicyclic) bond motifs is 1. The summed E-state index contributed by atoms with van der Waals surface area (Å²) in [5, 5.41) is 7.24. The van der Waals surface area contributed by atoms with Gasteiger partial charge in [-0.15, -0.1) is 0 Å². The number of anilines is 1. The van der Waals surface area contributed by atoms with E-state index in [9.17, 15) is 9.18 Å². The molecule has 0 radical (unpaired) electrons. The Morgan fingerprint density at radius 3 is 3.00 bits per heavy atom. The molecular weight excluding hydrogens is 395 g/mol. The van der Waals surface area contributed by atoms with Crippen molar-refractivity contribution in [3.05, 3.63) is 41.2 Å². The zero-order valence-electron chi connectivity index (χ0n) is 16.3. The third kappa shape index (κ3) is 5.64. The topological polar surface area (TPSA) is 102 Å². The second kappa shape index (κ2) is 10.2. The van der Waals surface area contributed by atoms with Gasteiger partial charge in [0.2, 0.25) is 0 Å². The van der Waals surface area contributed by atoms with E-state index < -0.39 is 0 Å². The average Bonchev–Trinajstić information content (AvgIpc) is 3.14. The average molecular weight is 418 g/mol. The molecular formula is C19H23FN6O2S. The van der Waals surface area contributed by atoms with Gasteiger partial charge >= 0.3 is 5.97 Å². The zero-order chi connectivity index (χ0) is 20.6. The molecule has 8 nitrogen and oxygen atoms in total. The third-order valence-corrected chi connectivity index (χ3v) is 5.18. The fourth-order valence-corrected chi connectivity index (χ4v) is 3.53. The van der Waals surface area contributed by atoms with Gasteiger partial charge in [-0.2, -0.15) is 0 Å². The molecule has 0 aliphatic rings. The van der Waals surface area contributed by atoms with Crippen LogP contribution >= 0.6 is 11.3 Å². The predicted octanol–water partition coefficient (Wildman–Crippen LogP) is 2.56. The number of nitrogens with one attached hydrogen (secondary N) is 2. The van der Waals surface area contributed by atoms with Crippen LogP contribution in [0.15, 0.2) is 24.7 Å². The lowest BCUT2D eigenvalue weighted by Gasteiger charge is -2.10. The van der Waals surface area contributed by atoms with Crippen LogP contribution in [0.2, 0.25) is 0 Å². The highest BCUT2D eigenvalue weighted by Crippen LogP contribution is 2.25. The van der Waals surface area contributed by atoms with E-state index in [1.165, 1.54) is 23.7 Å². The monoisotopic (exact) mass is 418 g/mol. The molecule has 0 fully saturated rings. The largest absolute Gasteiger partial charge is 0.466 e. The molecule has 0 saturated heterocycles. The van der Waals surface area contributed by atoms with Crippen LogP contribution in [0.1, 0.15) is 24.5 Å². The van der Waals surface area contributed by atoms with Crippen LogP contribution in [0.25, 0.3) is 10.3 Å². The summed E-state index contributed by atoms with van der Waals surface area (Å²) < 4.78 is 18.7. The summed E-state index contributed by atoms with van der Waals surface area (Å²) in [5.41, 5.74) is 0.971. The first-order valence-electron chi connectivity index (χ1n) is 9.39. The second-order valence-electron chi connectivity index (χ2n) is 6.38. The van der Waals surface area contributed by atoms with Gasteiger partial charge in [0, 0.05) is 25.7 Å². The van der Waals surface area contributed by atoms with Crippen molar-refractivity contribution in [1.29, 1.82) is 0 Å². The van der Waals surface area contributed by atoms with E-state index in [0.717, 1.165) is 9.84 Å². The Kier molecular flexibility index (Phi) is 7.36. The van der Waals surface area contributed by atoms with Gasteiger partial charge in [0.15, 0.2) is 5.82 Å². The van der Waals surface area contributed by atoms with Crippen molar-refractivity contribution in [3.63, 3.8) is 0 Å². The maximum absolute atomic E-state index is 13.7. The first-order valence-corrected chi connectivity index (χ1v) is 10.2. The summed E-state index contributed by atoms with van der Waals surface area (Å²) in [6.45, 7) is 5.45. The molecule has 0 spiro atoms. The minimum Gasteiger partial charge on any atom is -0.466 e. The normalized spacial score (nSPS) is 12.1. The molecule has 0 amide bonds. The van der Waals surface area contributed by atoms with Crippen LogP contribution in [-0.2, 0) is 22.5 Å². The van der Waals surface area contributed by atoms with Crippen LogP contribution in [0.3, 0.4) is 0 Å². The van der Waals surface area contributed by atoms with Crippen LogP contribution in [0, 0.1) is 11.7 Å². The molecule has 154 valence electrons. The number of hydrogen-bond donors (Lipinski definition) is 2. The van der Waals surface area contributed by atoms with E-state index in [1.54, 1.807) is 19.2 Å². The molecule has 1 unspecified atom stereocenters. The number of rotatable bonds is 10. The van der Waals surface area contributed by atoms with Gasteiger partial charge in [-0.25, -0.2) is 19.3 Å². The standard InChI is InChI=1S/C19H23FN6O2S/c1-3-28-19(27)12(2)9-21-8-6-15-26-16-17(24-11-25-18(16)29-15)23-10-14-13(20)5-4-7-22-14/h4-5,7,11-12,21H,3,6,8-10H2,1-2H3,(H,23,24,25). The SMILES string of the molecule is CCOC(=O)C(C)CNCCc1nc2c(NCc3ncccc3F)ncnc2s1. The van der Waals surface area contributed by atoms with Gasteiger partial charge in [0.1, 0.15) is 22.5 Å². The van der Waals surface area contributed by atoms with Crippen molar-refractivity contribution in [2.45, 2.75) is 26.8 Å². The van der Waals surface area contributed by atoms with Crippen LogP contribution in [-0.4, -0.2) is 45.6 Å². The molecule has 3 rings (SSSR count). The summed E-state index contributed by atoms with van der Waals surface area (Å²) >= 11 is 1.49. The number of esters is 1. The molecule has 0 aromatic carbocycles. The van der Waals surface area contributed by atoms with E-state index in [4.69, 9.17) is 4.74 Å². The summed E-state index contributed by atoms with van der Waals surface area (Å²) in [7, 11) is 0. The lowest BCUT2D eigenvalue weighted by atomic mass is 10.2. The van der Waals surface area contributed by atoms with Crippen molar-refractivity contribution in [2.75, 3.05) is 25.0 Å². The van der Waals surface area contributed by atoms with Crippen molar-refractivity contribution in [3.8, 4) is 0 Å².